The molecule has 1 saturated carbocycles. The highest BCUT2D eigenvalue weighted by Gasteiger charge is 2.41. The first-order chi connectivity index (χ1) is 13.3. The van der Waals surface area contributed by atoms with Crippen molar-refractivity contribution in [2.45, 2.75) is 38.5 Å². The highest BCUT2D eigenvalue weighted by atomic mass is 32.2. The average molecular weight is 413 g/mol. The van der Waals surface area contributed by atoms with Crippen molar-refractivity contribution in [3.05, 3.63) is 42.2 Å². The summed E-state index contributed by atoms with van der Waals surface area (Å²) < 4.78 is 57.3. The van der Waals surface area contributed by atoms with Crippen LogP contribution in [0.2, 0.25) is 0 Å². The van der Waals surface area contributed by atoms with Gasteiger partial charge in [0.2, 0.25) is 17.2 Å². The quantitative estimate of drug-likeness (QED) is 0.647. The number of benzene rings is 1. The Morgan fingerprint density at radius 1 is 1.32 bits per heavy atom. The maximum atomic E-state index is 13.9. The molecule has 1 aromatic heterocycles. The molecule has 154 valence electrons. The highest BCUT2D eigenvalue weighted by molar-refractivity contribution is 7.77. The normalized spacial score (nSPS) is 22.7. The molecule has 0 radical (unpaired) electrons. The fraction of sp³-hybridized carbons (Fsp3) is 0.526. The Labute approximate surface area is 165 Å². The van der Waals surface area contributed by atoms with E-state index < -0.39 is 17.2 Å². The number of rotatable bonds is 8. The Morgan fingerprint density at radius 3 is 2.71 bits per heavy atom. The standard InChI is InChI=1S/C19H25F2N3O3S/c1-14-8-11-24(23-14)17-2-4-18(5-3-17)27-13-16-12-19(20,21)9-6-15(16)7-10-22-28(25)26/h2-5,8,11,15-16,22H,6-7,9-10,12-13H2,1H3,(H,25,26). The van der Waals surface area contributed by atoms with Gasteiger partial charge in [-0.2, -0.15) is 5.10 Å². The zero-order chi connectivity index (χ0) is 20.1. The van der Waals surface area contributed by atoms with Crippen molar-refractivity contribution in [3.8, 4) is 11.4 Å². The predicted octanol–water partition coefficient (Wildman–Crippen LogP) is 3.73. The van der Waals surface area contributed by atoms with Gasteiger partial charge < -0.3 is 4.74 Å². The first-order valence-corrected chi connectivity index (χ1v) is 10.4. The summed E-state index contributed by atoms with van der Waals surface area (Å²) in [6.45, 7) is 2.43. The van der Waals surface area contributed by atoms with Crippen LogP contribution in [0.15, 0.2) is 36.5 Å². The third kappa shape index (κ3) is 5.83. The van der Waals surface area contributed by atoms with Crippen molar-refractivity contribution in [3.63, 3.8) is 0 Å². The van der Waals surface area contributed by atoms with Gasteiger partial charge in [-0.3, -0.25) is 4.55 Å². The molecule has 28 heavy (non-hydrogen) atoms. The molecule has 1 aliphatic carbocycles. The Hall–Kier alpha value is -1.84. The maximum absolute atomic E-state index is 13.9. The van der Waals surface area contributed by atoms with Crippen LogP contribution in [0.1, 0.15) is 31.4 Å². The Kier molecular flexibility index (Phi) is 6.79. The van der Waals surface area contributed by atoms with Crippen LogP contribution in [-0.4, -0.2) is 37.6 Å². The van der Waals surface area contributed by atoms with Crippen molar-refractivity contribution in [1.82, 2.24) is 14.5 Å². The number of ether oxygens (including phenoxy) is 1. The van der Waals surface area contributed by atoms with Crippen LogP contribution in [0, 0.1) is 18.8 Å². The van der Waals surface area contributed by atoms with Crippen molar-refractivity contribution in [2.24, 2.45) is 11.8 Å². The summed E-state index contributed by atoms with van der Waals surface area (Å²) in [5, 5.41) is 4.34. The van der Waals surface area contributed by atoms with E-state index >= 15 is 0 Å². The van der Waals surface area contributed by atoms with Crippen LogP contribution in [0.4, 0.5) is 8.78 Å². The van der Waals surface area contributed by atoms with E-state index in [1.165, 1.54) is 0 Å². The minimum absolute atomic E-state index is 0.0296. The molecular formula is C19H25F2N3O3S. The lowest BCUT2D eigenvalue weighted by atomic mass is 9.76. The van der Waals surface area contributed by atoms with Crippen molar-refractivity contribution < 1.29 is 22.3 Å². The summed E-state index contributed by atoms with van der Waals surface area (Å²) >= 11 is -2.08. The number of nitrogens with one attached hydrogen (secondary N) is 1. The minimum Gasteiger partial charge on any atom is -0.493 e. The molecule has 0 saturated heterocycles. The second-order valence-electron chi connectivity index (χ2n) is 7.26. The summed E-state index contributed by atoms with van der Waals surface area (Å²) in [4.78, 5) is 0. The molecule has 1 aliphatic rings. The van der Waals surface area contributed by atoms with Crippen LogP contribution in [0.5, 0.6) is 5.75 Å². The molecule has 3 unspecified atom stereocenters. The number of hydrogen-bond donors (Lipinski definition) is 2. The molecule has 0 aliphatic heterocycles. The number of hydrogen-bond acceptors (Lipinski definition) is 3. The number of aryl methyl sites for hydroxylation is 1. The van der Waals surface area contributed by atoms with E-state index in [0.717, 1.165) is 11.4 Å². The molecule has 3 rings (SSSR count). The zero-order valence-corrected chi connectivity index (χ0v) is 16.5. The van der Waals surface area contributed by atoms with E-state index in [1.807, 2.05) is 31.3 Å². The largest absolute Gasteiger partial charge is 0.493 e. The SMILES string of the molecule is Cc1ccn(-c2ccc(OCC3CC(F)(F)CCC3CCNS(=O)O)cc2)n1. The lowest BCUT2D eigenvalue weighted by Gasteiger charge is -2.36. The number of alkyl halides is 2. The van der Waals surface area contributed by atoms with Gasteiger partial charge in [-0.05, 0) is 56.0 Å². The summed E-state index contributed by atoms with van der Waals surface area (Å²) in [5.74, 6) is -2.33. The Morgan fingerprint density at radius 2 is 2.07 bits per heavy atom. The van der Waals surface area contributed by atoms with Gasteiger partial charge in [0.1, 0.15) is 5.75 Å². The van der Waals surface area contributed by atoms with E-state index in [9.17, 15) is 13.0 Å². The van der Waals surface area contributed by atoms with Gasteiger partial charge in [0.05, 0.1) is 18.0 Å². The Bertz CT molecular complexity index is 798. The summed E-state index contributed by atoms with van der Waals surface area (Å²) in [6.07, 6.45) is 2.46. The van der Waals surface area contributed by atoms with Crippen LogP contribution >= 0.6 is 0 Å². The Balaban J connectivity index is 1.58. The molecule has 0 spiro atoms. The minimum atomic E-state index is -2.68. The van der Waals surface area contributed by atoms with E-state index in [-0.39, 0.29) is 31.3 Å². The lowest BCUT2D eigenvalue weighted by molar-refractivity contribution is -0.0776. The molecule has 1 fully saturated rings. The fourth-order valence-corrected chi connectivity index (χ4v) is 3.94. The second-order valence-corrected chi connectivity index (χ2v) is 8.04. The summed E-state index contributed by atoms with van der Waals surface area (Å²) in [7, 11) is 0. The molecule has 1 heterocycles. The second kappa shape index (κ2) is 9.11. The van der Waals surface area contributed by atoms with Crippen LogP contribution in [0.25, 0.3) is 5.69 Å². The molecule has 2 aromatic rings. The zero-order valence-electron chi connectivity index (χ0n) is 15.7. The van der Waals surface area contributed by atoms with Crippen LogP contribution in [-0.2, 0) is 11.3 Å². The lowest BCUT2D eigenvalue weighted by Crippen LogP contribution is -2.37. The van der Waals surface area contributed by atoms with E-state index in [0.29, 0.717) is 25.1 Å². The number of halogens is 2. The van der Waals surface area contributed by atoms with Crippen LogP contribution < -0.4 is 9.46 Å². The summed E-state index contributed by atoms with van der Waals surface area (Å²) in [6, 6.07) is 9.26. The molecule has 3 atom stereocenters. The molecular weight excluding hydrogens is 388 g/mol. The molecule has 1 aromatic carbocycles. The predicted molar refractivity (Wildman–Crippen MR) is 103 cm³/mol. The van der Waals surface area contributed by atoms with Gasteiger partial charge in [0.15, 0.2) is 0 Å². The van der Waals surface area contributed by atoms with Gasteiger partial charge in [-0.15, -0.1) is 0 Å². The van der Waals surface area contributed by atoms with Crippen molar-refractivity contribution in [2.75, 3.05) is 13.2 Å². The fourth-order valence-electron chi connectivity index (χ4n) is 3.65. The maximum Gasteiger partial charge on any atom is 0.248 e. The highest BCUT2D eigenvalue weighted by Crippen LogP contribution is 2.41. The monoisotopic (exact) mass is 413 g/mol. The molecule has 2 N–H and O–H groups in total. The number of aromatic nitrogens is 2. The topological polar surface area (TPSA) is 76.4 Å². The van der Waals surface area contributed by atoms with Gasteiger partial charge in [0, 0.05) is 31.5 Å². The first kappa shape index (κ1) is 20.9. The molecule has 0 bridgehead atoms. The van der Waals surface area contributed by atoms with E-state index in [4.69, 9.17) is 9.29 Å². The average Bonchev–Trinajstić information content (AvgIpc) is 3.08. The molecule has 0 amide bonds. The van der Waals surface area contributed by atoms with Gasteiger partial charge in [-0.25, -0.2) is 22.4 Å². The smallest absolute Gasteiger partial charge is 0.248 e. The molecule has 9 heteroatoms. The summed E-state index contributed by atoms with van der Waals surface area (Å²) in [5.41, 5.74) is 1.81. The van der Waals surface area contributed by atoms with Crippen LogP contribution in [0.3, 0.4) is 0 Å². The van der Waals surface area contributed by atoms with E-state index in [1.54, 1.807) is 16.8 Å². The van der Waals surface area contributed by atoms with Gasteiger partial charge in [-0.1, -0.05) is 0 Å². The number of nitrogens with zero attached hydrogens (tertiary/aromatic N) is 2. The molecule has 6 nitrogen and oxygen atoms in total. The first-order valence-electron chi connectivity index (χ1n) is 9.30. The van der Waals surface area contributed by atoms with Gasteiger partial charge >= 0.3 is 0 Å². The third-order valence-corrected chi connectivity index (χ3v) is 5.59. The van der Waals surface area contributed by atoms with Crippen molar-refractivity contribution in [1.29, 1.82) is 0 Å². The third-order valence-electron chi connectivity index (χ3n) is 5.14. The van der Waals surface area contributed by atoms with Crippen molar-refractivity contribution >= 4 is 11.3 Å². The van der Waals surface area contributed by atoms with E-state index in [2.05, 4.69) is 9.82 Å². The van der Waals surface area contributed by atoms with Gasteiger partial charge in [0.25, 0.3) is 0 Å².